The predicted molar refractivity (Wildman–Crippen MR) is 39.7 cm³/mol. The molecule has 1 aromatic heterocycles. The van der Waals surface area contributed by atoms with Crippen molar-refractivity contribution in [1.29, 1.82) is 0 Å². The molecule has 5 heteroatoms. The summed E-state index contributed by atoms with van der Waals surface area (Å²) in [5.74, 6) is -2.87. The van der Waals surface area contributed by atoms with Crippen LogP contribution in [0.2, 0.25) is 0 Å². The van der Waals surface area contributed by atoms with Crippen LogP contribution in [0.1, 0.15) is 5.69 Å². The molecule has 0 aliphatic rings. The fourth-order valence-electron chi connectivity index (χ4n) is 0.760. The molecule has 1 aromatic rings. The number of hydrogen-bond donors (Lipinski definition) is 1. The average Bonchev–Trinajstić information content (AvgIpc) is 2.06. The fourth-order valence-corrected chi connectivity index (χ4v) is 0.760. The largest absolute Gasteiger partial charge is 0.325 e. The highest BCUT2D eigenvalue weighted by molar-refractivity contribution is 5.01. The summed E-state index contributed by atoms with van der Waals surface area (Å²) in [5.41, 5.74) is 5.17. The number of halogens is 2. The number of hydrogen-bond acceptors (Lipinski definition) is 3. The van der Waals surface area contributed by atoms with Gasteiger partial charge < -0.3 is 5.73 Å². The standard InChI is InChI=1S/C7H9F2N3/c8-7(9,4-10)3-6-1-2-11-5-12-6/h1-2,5H,3-4,10H2. The van der Waals surface area contributed by atoms with Crippen molar-refractivity contribution in [3.63, 3.8) is 0 Å². The summed E-state index contributed by atoms with van der Waals surface area (Å²) >= 11 is 0. The second kappa shape index (κ2) is 3.53. The van der Waals surface area contributed by atoms with E-state index in [-0.39, 0.29) is 0 Å². The van der Waals surface area contributed by atoms with Crippen LogP contribution in [0.3, 0.4) is 0 Å². The van der Waals surface area contributed by atoms with Gasteiger partial charge in [-0.25, -0.2) is 18.7 Å². The highest BCUT2D eigenvalue weighted by atomic mass is 19.3. The highest BCUT2D eigenvalue weighted by Crippen LogP contribution is 2.16. The molecule has 0 aliphatic carbocycles. The van der Waals surface area contributed by atoms with Crippen LogP contribution in [0, 0.1) is 0 Å². The Morgan fingerprint density at radius 1 is 1.50 bits per heavy atom. The lowest BCUT2D eigenvalue weighted by Gasteiger charge is -2.11. The first kappa shape index (κ1) is 8.99. The Balaban J connectivity index is 2.64. The van der Waals surface area contributed by atoms with E-state index in [1.807, 2.05) is 0 Å². The molecule has 0 unspecified atom stereocenters. The molecule has 2 N–H and O–H groups in total. The Kier molecular flexibility index (Phi) is 2.65. The van der Waals surface area contributed by atoms with Crippen LogP contribution in [0.4, 0.5) is 8.78 Å². The van der Waals surface area contributed by atoms with E-state index in [2.05, 4.69) is 9.97 Å². The Hall–Kier alpha value is -1.10. The lowest BCUT2D eigenvalue weighted by atomic mass is 10.2. The maximum absolute atomic E-state index is 12.7. The number of alkyl halides is 2. The Labute approximate surface area is 68.6 Å². The van der Waals surface area contributed by atoms with Gasteiger partial charge in [0.25, 0.3) is 5.92 Å². The van der Waals surface area contributed by atoms with Gasteiger partial charge in [-0.1, -0.05) is 0 Å². The minimum absolute atomic E-state index is 0.306. The molecule has 0 atom stereocenters. The molecule has 0 saturated carbocycles. The first-order valence-electron chi connectivity index (χ1n) is 3.47. The predicted octanol–water partition coefficient (Wildman–Crippen LogP) is 0.613. The van der Waals surface area contributed by atoms with Crippen molar-refractivity contribution in [1.82, 2.24) is 9.97 Å². The number of nitrogens with two attached hydrogens (primary N) is 1. The van der Waals surface area contributed by atoms with E-state index in [1.54, 1.807) is 0 Å². The first-order chi connectivity index (χ1) is 5.64. The Bertz CT molecular complexity index is 238. The maximum Gasteiger partial charge on any atom is 0.265 e. The Morgan fingerprint density at radius 2 is 2.25 bits per heavy atom. The first-order valence-corrected chi connectivity index (χ1v) is 3.47. The van der Waals surface area contributed by atoms with Crippen molar-refractivity contribution in [3.05, 3.63) is 24.3 Å². The van der Waals surface area contributed by atoms with Crippen molar-refractivity contribution in [3.8, 4) is 0 Å². The third-order valence-corrected chi connectivity index (χ3v) is 1.38. The van der Waals surface area contributed by atoms with E-state index < -0.39 is 18.9 Å². The van der Waals surface area contributed by atoms with Gasteiger partial charge in [0.2, 0.25) is 0 Å². The molecule has 0 amide bonds. The third-order valence-electron chi connectivity index (χ3n) is 1.38. The fraction of sp³-hybridized carbons (Fsp3) is 0.429. The quantitative estimate of drug-likeness (QED) is 0.728. The van der Waals surface area contributed by atoms with Crippen molar-refractivity contribution in [2.24, 2.45) is 5.73 Å². The third kappa shape index (κ3) is 2.50. The summed E-state index contributed by atoms with van der Waals surface area (Å²) in [6.07, 6.45) is 2.24. The monoisotopic (exact) mass is 173 g/mol. The molecule has 0 saturated heterocycles. The van der Waals surface area contributed by atoms with Crippen molar-refractivity contribution in [2.45, 2.75) is 12.3 Å². The van der Waals surface area contributed by atoms with E-state index in [0.29, 0.717) is 5.69 Å². The summed E-state index contributed by atoms with van der Waals surface area (Å²) < 4.78 is 25.3. The van der Waals surface area contributed by atoms with Crippen LogP contribution in [0.15, 0.2) is 18.6 Å². The van der Waals surface area contributed by atoms with E-state index >= 15 is 0 Å². The van der Waals surface area contributed by atoms with Gasteiger partial charge in [-0.05, 0) is 6.07 Å². The maximum atomic E-state index is 12.7. The molecule has 0 spiro atoms. The molecule has 0 aromatic carbocycles. The summed E-state index contributed by atoms with van der Waals surface area (Å²) in [6.45, 7) is -0.656. The van der Waals surface area contributed by atoms with Crippen LogP contribution < -0.4 is 5.73 Å². The molecule has 3 nitrogen and oxygen atoms in total. The lowest BCUT2D eigenvalue weighted by Crippen LogP contribution is -2.30. The van der Waals surface area contributed by atoms with Gasteiger partial charge in [0.15, 0.2) is 0 Å². The van der Waals surface area contributed by atoms with Crippen molar-refractivity contribution >= 4 is 0 Å². The Morgan fingerprint density at radius 3 is 2.75 bits per heavy atom. The van der Waals surface area contributed by atoms with E-state index in [9.17, 15) is 8.78 Å². The molecule has 0 fully saturated rings. The number of rotatable bonds is 3. The average molecular weight is 173 g/mol. The molecule has 1 heterocycles. The van der Waals surface area contributed by atoms with Crippen molar-refractivity contribution < 1.29 is 8.78 Å². The SMILES string of the molecule is NCC(F)(F)Cc1ccncn1. The van der Waals surface area contributed by atoms with Crippen molar-refractivity contribution in [2.75, 3.05) is 6.54 Å². The zero-order valence-electron chi connectivity index (χ0n) is 6.37. The smallest absolute Gasteiger partial charge is 0.265 e. The lowest BCUT2D eigenvalue weighted by molar-refractivity contribution is 0.0105. The van der Waals surface area contributed by atoms with Crippen LogP contribution >= 0.6 is 0 Å². The van der Waals surface area contributed by atoms with Crippen LogP contribution in [-0.4, -0.2) is 22.4 Å². The zero-order chi connectivity index (χ0) is 9.03. The minimum Gasteiger partial charge on any atom is -0.325 e. The van der Waals surface area contributed by atoms with Gasteiger partial charge in [-0.15, -0.1) is 0 Å². The van der Waals surface area contributed by atoms with Gasteiger partial charge in [0.1, 0.15) is 6.33 Å². The van der Waals surface area contributed by atoms with Gasteiger partial charge in [0, 0.05) is 11.9 Å². The van der Waals surface area contributed by atoms with Gasteiger partial charge >= 0.3 is 0 Å². The van der Waals surface area contributed by atoms with E-state index in [1.165, 1.54) is 18.6 Å². The molecule has 1 rings (SSSR count). The zero-order valence-corrected chi connectivity index (χ0v) is 6.37. The molecule has 0 radical (unpaired) electrons. The summed E-state index contributed by atoms with van der Waals surface area (Å²) in [5, 5.41) is 0. The van der Waals surface area contributed by atoms with Gasteiger partial charge in [-0.2, -0.15) is 0 Å². The molecule has 12 heavy (non-hydrogen) atoms. The molecular weight excluding hydrogens is 164 g/mol. The van der Waals surface area contributed by atoms with Gasteiger partial charge in [-0.3, -0.25) is 0 Å². The summed E-state index contributed by atoms with van der Waals surface area (Å²) in [7, 11) is 0. The number of aromatic nitrogens is 2. The molecular formula is C7H9F2N3. The molecule has 0 aliphatic heterocycles. The second-order valence-electron chi connectivity index (χ2n) is 2.44. The normalized spacial score (nSPS) is 11.6. The minimum atomic E-state index is -2.87. The highest BCUT2D eigenvalue weighted by Gasteiger charge is 2.27. The summed E-state index contributed by atoms with van der Waals surface area (Å²) in [6, 6.07) is 1.45. The van der Waals surface area contributed by atoms with Crippen LogP contribution in [0.5, 0.6) is 0 Å². The molecule has 0 bridgehead atoms. The van der Waals surface area contributed by atoms with E-state index in [0.717, 1.165) is 0 Å². The topological polar surface area (TPSA) is 51.8 Å². The van der Waals surface area contributed by atoms with E-state index in [4.69, 9.17) is 5.73 Å². The number of nitrogens with zero attached hydrogens (tertiary/aromatic N) is 2. The van der Waals surface area contributed by atoms with Crippen LogP contribution in [-0.2, 0) is 6.42 Å². The van der Waals surface area contributed by atoms with Gasteiger partial charge in [0.05, 0.1) is 13.0 Å². The second-order valence-corrected chi connectivity index (χ2v) is 2.44. The van der Waals surface area contributed by atoms with Crippen LogP contribution in [0.25, 0.3) is 0 Å². The molecule has 66 valence electrons. The summed E-state index contributed by atoms with van der Waals surface area (Å²) in [4.78, 5) is 7.28.